The van der Waals surface area contributed by atoms with Gasteiger partial charge in [-0.1, -0.05) is 36.4 Å². The normalized spacial score (nSPS) is 16.3. The van der Waals surface area contributed by atoms with Crippen molar-refractivity contribution in [2.24, 2.45) is 10.9 Å². The molecule has 0 radical (unpaired) electrons. The first kappa shape index (κ1) is 26.3. The van der Waals surface area contributed by atoms with E-state index in [1.807, 2.05) is 18.2 Å². The number of nitrogens with zero attached hydrogens (tertiary/aromatic N) is 2. The molecule has 0 aromatic heterocycles. The average Bonchev–Trinajstić information content (AvgIpc) is 3.28. The first-order valence-corrected chi connectivity index (χ1v) is 11.2. The Morgan fingerprint density at radius 3 is 2.53 bits per heavy atom. The van der Waals surface area contributed by atoms with Gasteiger partial charge in [-0.05, 0) is 55.5 Å². The molecule has 1 aliphatic rings. The maximum atomic E-state index is 5.39. The van der Waals surface area contributed by atoms with Crippen LogP contribution in [0.15, 0.2) is 53.5 Å². The number of rotatable bonds is 10. The van der Waals surface area contributed by atoms with E-state index in [4.69, 9.17) is 14.5 Å². The van der Waals surface area contributed by atoms with Crippen molar-refractivity contribution < 1.29 is 9.47 Å². The highest BCUT2D eigenvalue weighted by atomic mass is 127. The SMILES string of the molecule is CCNC(=NCc1ccc(OC)c(OC)c1)NCC1CCN(CCc2ccccc2)C1.I. The molecular formula is C25H37IN4O2. The molecule has 2 aromatic rings. The quantitative estimate of drug-likeness (QED) is 0.266. The van der Waals surface area contributed by atoms with Crippen LogP contribution in [0.5, 0.6) is 11.5 Å². The second-order valence-corrected chi connectivity index (χ2v) is 7.96. The predicted octanol–water partition coefficient (Wildman–Crippen LogP) is 3.94. The second-order valence-electron chi connectivity index (χ2n) is 7.96. The van der Waals surface area contributed by atoms with Gasteiger partial charge in [-0.2, -0.15) is 0 Å². The first-order chi connectivity index (χ1) is 15.2. The Balaban J connectivity index is 0.00000363. The first-order valence-electron chi connectivity index (χ1n) is 11.2. The van der Waals surface area contributed by atoms with Gasteiger partial charge in [0, 0.05) is 26.2 Å². The van der Waals surface area contributed by atoms with Gasteiger partial charge in [0.25, 0.3) is 0 Å². The van der Waals surface area contributed by atoms with Gasteiger partial charge in [-0.15, -0.1) is 24.0 Å². The number of hydrogen-bond acceptors (Lipinski definition) is 4. The molecule has 2 N–H and O–H groups in total. The molecule has 0 bridgehead atoms. The Labute approximate surface area is 209 Å². The Hall–Kier alpha value is -2.00. The van der Waals surface area contributed by atoms with E-state index in [1.165, 1.54) is 18.5 Å². The molecule has 2 aromatic carbocycles. The molecule has 0 spiro atoms. The molecule has 32 heavy (non-hydrogen) atoms. The molecule has 3 rings (SSSR count). The third-order valence-corrected chi connectivity index (χ3v) is 5.70. The molecular weight excluding hydrogens is 515 g/mol. The van der Waals surface area contributed by atoms with Crippen molar-refractivity contribution in [3.8, 4) is 11.5 Å². The van der Waals surface area contributed by atoms with E-state index in [0.29, 0.717) is 12.5 Å². The van der Waals surface area contributed by atoms with Crippen LogP contribution < -0.4 is 20.1 Å². The summed E-state index contributed by atoms with van der Waals surface area (Å²) in [5.74, 6) is 2.98. The third kappa shape index (κ3) is 8.16. The zero-order valence-electron chi connectivity index (χ0n) is 19.5. The maximum absolute atomic E-state index is 5.39. The van der Waals surface area contributed by atoms with E-state index < -0.39 is 0 Å². The summed E-state index contributed by atoms with van der Waals surface area (Å²) >= 11 is 0. The molecule has 0 saturated carbocycles. The van der Waals surface area contributed by atoms with Crippen LogP contribution in [0, 0.1) is 5.92 Å². The molecule has 176 valence electrons. The Morgan fingerprint density at radius 2 is 1.81 bits per heavy atom. The van der Waals surface area contributed by atoms with Crippen LogP contribution in [0.3, 0.4) is 0 Å². The number of likely N-dealkylation sites (tertiary alicyclic amines) is 1. The van der Waals surface area contributed by atoms with E-state index in [9.17, 15) is 0 Å². The van der Waals surface area contributed by atoms with Gasteiger partial charge in [0.15, 0.2) is 17.5 Å². The second kappa shape index (κ2) is 14.2. The summed E-state index contributed by atoms with van der Waals surface area (Å²) in [5, 5.41) is 6.89. The zero-order valence-corrected chi connectivity index (χ0v) is 21.8. The van der Waals surface area contributed by atoms with Gasteiger partial charge < -0.3 is 25.0 Å². The van der Waals surface area contributed by atoms with Crippen molar-refractivity contribution in [3.05, 3.63) is 59.7 Å². The summed E-state index contributed by atoms with van der Waals surface area (Å²) in [4.78, 5) is 7.33. The van der Waals surface area contributed by atoms with Crippen LogP contribution in [0.4, 0.5) is 0 Å². The third-order valence-electron chi connectivity index (χ3n) is 5.70. The number of nitrogens with one attached hydrogen (secondary N) is 2. The summed E-state index contributed by atoms with van der Waals surface area (Å²) < 4.78 is 10.7. The van der Waals surface area contributed by atoms with Gasteiger partial charge in [0.2, 0.25) is 0 Å². The van der Waals surface area contributed by atoms with E-state index in [-0.39, 0.29) is 24.0 Å². The van der Waals surface area contributed by atoms with E-state index >= 15 is 0 Å². The fourth-order valence-corrected chi connectivity index (χ4v) is 3.95. The van der Waals surface area contributed by atoms with Crippen molar-refractivity contribution in [1.29, 1.82) is 0 Å². The topological polar surface area (TPSA) is 58.1 Å². The van der Waals surface area contributed by atoms with Crippen molar-refractivity contribution in [2.75, 3.05) is 46.9 Å². The predicted molar refractivity (Wildman–Crippen MR) is 142 cm³/mol. The lowest BCUT2D eigenvalue weighted by Gasteiger charge is -2.17. The number of benzene rings is 2. The van der Waals surface area contributed by atoms with Crippen LogP contribution in [0.2, 0.25) is 0 Å². The fraction of sp³-hybridized carbons (Fsp3) is 0.480. The Bertz CT molecular complexity index is 832. The monoisotopic (exact) mass is 552 g/mol. The van der Waals surface area contributed by atoms with Crippen LogP contribution in [0.25, 0.3) is 0 Å². The average molecular weight is 553 g/mol. The van der Waals surface area contributed by atoms with Gasteiger partial charge in [0.1, 0.15) is 0 Å². The molecule has 1 aliphatic heterocycles. The van der Waals surface area contributed by atoms with Crippen LogP contribution in [-0.2, 0) is 13.0 Å². The molecule has 0 amide bonds. The summed E-state index contributed by atoms with van der Waals surface area (Å²) in [7, 11) is 3.30. The number of methoxy groups -OCH3 is 2. The fourth-order valence-electron chi connectivity index (χ4n) is 3.95. The molecule has 1 atom stereocenters. The molecule has 6 nitrogen and oxygen atoms in total. The van der Waals surface area contributed by atoms with E-state index in [1.54, 1.807) is 14.2 Å². The van der Waals surface area contributed by atoms with Gasteiger partial charge >= 0.3 is 0 Å². The standard InChI is InChI=1S/C25H36N4O2.HI/c1-4-26-25(27-17-21-10-11-23(30-2)24(16-21)31-3)28-18-22-13-15-29(19-22)14-12-20-8-6-5-7-9-20;/h5-11,16,22H,4,12-15,17-19H2,1-3H3,(H2,26,27,28);1H. The van der Waals surface area contributed by atoms with Crippen LogP contribution >= 0.6 is 24.0 Å². The lowest BCUT2D eigenvalue weighted by atomic mass is 10.1. The highest BCUT2D eigenvalue weighted by Gasteiger charge is 2.22. The van der Waals surface area contributed by atoms with Crippen molar-refractivity contribution >= 4 is 29.9 Å². The summed E-state index contributed by atoms with van der Waals surface area (Å²) in [6.07, 6.45) is 2.35. The molecule has 1 unspecified atom stereocenters. The number of aliphatic imine (C=N–C) groups is 1. The molecule has 1 heterocycles. The van der Waals surface area contributed by atoms with Gasteiger partial charge in [0.05, 0.1) is 20.8 Å². The van der Waals surface area contributed by atoms with E-state index in [0.717, 1.165) is 55.6 Å². The largest absolute Gasteiger partial charge is 0.493 e. The number of ether oxygens (including phenoxy) is 2. The zero-order chi connectivity index (χ0) is 21.9. The number of guanidine groups is 1. The minimum absolute atomic E-state index is 0. The minimum Gasteiger partial charge on any atom is -0.493 e. The van der Waals surface area contributed by atoms with Gasteiger partial charge in [-0.3, -0.25) is 0 Å². The lowest BCUT2D eigenvalue weighted by Crippen LogP contribution is -2.40. The van der Waals surface area contributed by atoms with Gasteiger partial charge in [-0.25, -0.2) is 4.99 Å². The number of hydrogen-bond donors (Lipinski definition) is 2. The Morgan fingerprint density at radius 1 is 1.03 bits per heavy atom. The lowest BCUT2D eigenvalue weighted by molar-refractivity contribution is 0.328. The van der Waals surface area contributed by atoms with Crippen molar-refractivity contribution in [1.82, 2.24) is 15.5 Å². The van der Waals surface area contributed by atoms with Crippen LogP contribution in [0.1, 0.15) is 24.5 Å². The van der Waals surface area contributed by atoms with Crippen molar-refractivity contribution in [3.63, 3.8) is 0 Å². The number of halogens is 1. The molecule has 0 aliphatic carbocycles. The van der Waals surface area contributed by atoms with Crippen LogP contribution in [-0.4, -0.2) is 57.8 Å². The Kier molecular flexibility index (Phi) is 11.7. The maximum Gasteiger partial charge on any atom is 0.191 e. The van der Waals surface area contributed by atoms with E-state index in [2.05, 4.69) is 52.8 Å². The van der Waals surface area contributed by atoms with Crippen molar-refractivity contribution in [2.45, 2.75) is 26.3 Å². The highest BCUT2D eigenvalue weighted by molar-refractivity contribution is 14.0. The minimum atomic E-state index is 0. The smallest absolute Gasteiger partial charge is 0.191 e. The molecule has 1 saturated heterocycles. The summed E-state index contributed by atoms with van der Waals surface area (Å²) in [6, 6.07) is 16.7. The summed E-state index contributed by atoms with van der Waals surface area (Å²) in [5.41, 5.74) is 2.50. The molecule has 1 fully saturated rings. The molecule has 7 heteroatoms. The highest BCUT2D eigenvalue weighted by Crippen LogP contribution is 2.27. The summed E-state index contributed by atoms with van der Waals surface area (Å²) in [6.45, 7) is 7.92.